The van der Waals surface area contributed by atoms with Gasteiger partial charge in [0.15, 0.2) is 16.7 Å². The molecule has 0 saturated heterocycles. The van der Waals surface area contributed by atoms with Crippen molar-refractivity contribution in [3.63, 3.8) is 0 Å². The van der Waals surface area contributed by atoms with Crippen LogP contribution in [-0.2, 0) is 11.3 Å². The molecule has 8 nitrogen and oxygen atoms in total. The molecular formula is C23H27N5O3S. The Bertz CT molecular complexity index is 1130. The molecule has 3 heterocycles. The van der Waals surface area contributed by atoms with Gasteiger partial charge in [0.25, 0.3) is 5.88 Å². The Morgan fingerprint density at radius 1 is 1.19 bits per heavy atom. The number of hydrogen-bond donors (Lipinski definition) is 1. The molecule has 1 N–H and O–H groups in total. The molecule has 3 aromatic rings. The predicted molar refractivity (Wildman–Crippen MR) is 124 cm³/mol. The van der Waals surface area contributed by atoms with E-state index in [1.807, 2.05) is 55.7 Å². The minimum atomic E-state index is -0.770. The summed E-state index contributed by atoms with van der Waals surface area (Å²) in [4.78, 5) is 17.2. The van der Waals surface area contributed by atoms with E-state index in [0.717, 1.165) is 11.3 Å². The third-order valence-corrected chi connectivity index (χ3v) is 6.45. The van der Waals surface area contributed by atoms with Gasteiger partial charge in [-0.2, -0.15) is 0 Å². The molecule has 1 aromatic carbocycles. The van der Waals surface area contributed by atoms with E-state index in [4.69, 9.17) is 9.47 Å². The monoisotopic (exact) mass is 453 g/mol. The minimum absolute atomic E-state index is 0.103. The number of hydrogen-bond acceptors (Lipinski definition) is 7. The first kappa shape index (κ1) is 22.1. The lowest BCUT2D eigenvalue weighted by Crippen LogP contribution is -2.34. The zero-order valence-corrected chi connectivity index (χ0v) is 19.7. The van der Waals surface area contributed by atoms with Gasteiger partial charge in [-0.3, -0.25) is 4.79 Å². The van der Waals surface area contributed by atoms with Gasteiger partial charge in [-0.05, 0) is 50.5 Å². The van der Waals surface area contributed by atoms with Gasteiger partial charge in [0.05, 0.1) is 10.3 Å². The lowest BCUT2D eigenvalue weighted by atomic mass is 10.0. The van der Waals surface area contributed by atoms with Crippen LogP contribution in [-0.4, -0.2) is 37.2 Å². The van der Waals surface area contributed by atoms with Crippen LogP contribution in [0.25, 0.3) is 11.4 Å². The molecule has 0 aliphatic carbocycles. The fourth-order valence-electron chi connectivity index (χ4n) is 3.35. The molecule has 0 spiro atoms. The quantitative estimate of drug-likeness (QED) is 0.518. The fourth-order valence-corrected chi connectivity index (χ4v) is 4.36. The van der Waals surface area contributed by atoms with Crippen LogP contribution in [0.2, 0.25) is 0 Å². The predicted octanol–water partition coefficient (Wildman–Crippen LogP) is 4.72. The van der Waals surface area contributed by atoms with Crippen LogP contribution in [0.3, 0.4) is 0 Å². The maximum absolute atomic E-state index is 13.1. The second-order valence-corrected chi connectivity index (χ2v) is 9.88. The lowest BCUT2D eigenvalue weighted by Gasteiger charge is -2.23. The molecule has 0 saturated carbocycles. The van der Waals surface area contributed by atoms with E-state index in [9.17, 15) is 4.79 Å². The topological polar surface area (TPSA) is 91.2 Å². The van der Waals surface area contributed by atoms with Crippen molar-refractivity contribution in [1.82, 2.24) is 19.7 Å². The first-order valence-corrected chi connectivity index (χ1v) is 11.4. The number of benzene rings is 1. The van der Waals surface area contributed by atoms with Crippen LogP contribution in [0.1, 0.15) is 46.1 Å². The highest BCUT2D eigenvalue weighted by Gasteiger charge is 2.33. The number of carbonyl (C=O) groups is 1. The maximum atomic E-state index is 13.1. The summed E-state index contributed by atoms with van der Waals surface area (Å²) in [7, 11) is 0. The number of anilines is 1. The van der Waals surface area contributed by atoms with Crippen molar-refractivity contribution in [3.8, 4) is 23.0 Å². The summed E-state index contributed by atoms with van der Waals surface area (Å²) < 4.78 is 12.2. The number of rotatable bonds is 7. The normalized spacial score (nSPS) is 12.9. The van der Waals surface area contributed by atoms with E-state index in [0.29, 0.717) is 35.1 Å². The molecule has 2 aromatic heterocycles. The number of carbonyl (C=O) groups excluding carboxylic acids is 1. The molecular weight excluding hydrogens is 426 g/mol. The second-order valence-electron chi connectivity index (χ2n) is 8.29. The van der Waals surface area contributed by atoms with Gasteiger partial charge in [0.2, 0.25) is 12.7 Å². The molecule has 32 heavy (non-hydrogen) atoms. The lowest BCUT2D eigenvalue weighted by molar-refractivity contribution is -0.117. The molecule has 0 atom stereocenters. The zero-order valence-electron chi connectivity index (χ0n) is 18.9. The molecule has 0 fully saturated rings. The van der Waals surface area contributed by atoms with Gasteiger partial charge in [-0.25, -0.2) is 4.98 Å². The number of pyridine rings is 1. The molecule has 9 heteroatoms. The van der Waals surface area contributed by atoms with Crippen molar-refractivity contribution < 1.29 is 14.3 Å². The molecule has 0 bridgehead atoms. The number of amides is 1. The highest BCUT2D eigenvalue weighted by molar-refractivity contribution is 8.01. The third-order valence-electron chi connectivity index (χ3n) is 5.27. The van der Waals surface area contributed by atoms with E-state index < -0.39 is 4.75 Å². The molecule has 1 aliphatic rings. The van der Waals surface area contributed by atoms with Crippen molar-refractivity contribution in [2.75, 3.05) is 12.1 Å². The van der Waals surface area contributed by atoms with Gasteiger partial charge in [-0.1, -0.05) is 37.7 Å². The zero-order chi connectivity index (χ0) is 22.9. The number of thioether (sulfide) groups is 1. The number of nitrogens with zero attached hydrogens (tertiary/aromatic N) is 4. The Kier molecular flexibility index (Phi) is 6.10. The Balaban J connectivity index is 1.54. The Morgan fingerprint density at radius 3 is 2.62 bits per heavy atom. The van der Waals surface area contributed by atoms with E-state index in [-0.39, 0.29) is 12.7 Å². The molecule has 0 unspecified atom stereocenters. The van der Waals surface area contributed by atoms with Crippen LogP contribution < -0.4 is 14.8 Å². The smallest absolute Gasteiger partial charge is 0.260 e. The van der Waals surface area contributed by atoms with Crippen LogP contribution in [0.5, 0.6) is 11.6 Å². The largest absolute Gasteiger partial charge is 0.451 e. The summed E-state index contributed by atoms with van der Waals surface area (Å²) in [6.07, 6.45) is 1.66. The van der Waals surface area contributed by atoms with Crippen molar-refractivity contribution in [1.29, 1.82) is 0 Å². The van der Waals surface area contributed by atoms with Gasteiger partial charge >= 0.3 is 0 Å². The molecule has 4 rings (SSSR count). The van der Waals surface area contributed by atoms with Crippen LogP contribution in [0.4, 0.5) is 5.69 Å². The fraction of sp³-hybridized carbons (Fsp3) is 0.391. The third kappa shape index (κ3) is 4.29. The molecule has 168 valence electrons. The van der Waals surface area contributed by atoms with Gasteiger partial charge in [-0.15, -0.1) is 10.2 Å². The van der Waals surface area contributed by atoms with Crippen molar-refractivity contribution >= 4 is 23.4 Å². The first-order valence-electron chi connectivity index (χ1n) is 10.6. The summed E-state index contributed by atoms with van der Waals surface area (Å²) in [6, 6.07) is 9.79. The van der Waals surface area contributed by atoms with Crippen LogP contribution >= 0.6 is 11.8 Å². The van der Waals surface area contributed by atoms with Crippen molar-refractivity contribution in [2.24, 2.45) is 0 Å². The van der Waals surface area contributed by atoms with E-state index in [1.54, 1.807) is 6.20 Å². The second kappa shape index (κ2) is 8.82. The summed E-state index contributed by atoms with van der Waals surface area (Å²) in [5.41, 5.74) is 2.77. The molecule has 0 radical (unpaired) electrons. The average Bonchev–Trinajstić information content (AvgIpc) is 3.40. The summed E-state index contributed by atoms with van der Waals surface area (Å²) in [5.74, 6) is 2.01. The summed E-state index contributed by atoms with van der Waals surface area (Å²) in [6.45, 7) is 10.8. The Morgan fingerprint density at radius 2 is 1.94 bits per heavy atom. The van der Waals surface area contributed by atoms with Gasteiger partial charge in [0.1, 0.15) is 0 Å². The number of fused-ring (bicyclic) bond motifs is 1. The Hall–Kier alpha value is -3.07. The van der Waals surface area contributed by atoms with Crippen LogP contribution in [0, 0.1) is 0 Å². The van der Waals surface area contributed by atoms with Crippen molar-refractivity contribution in [3.05, 3.63) is 42.1 Å². The number of nitrogens with one attached hydrogen (secondary N) is 1. The maximum Gasteiger partial charge on any atom is 0.260 e. The Labute approximate surface area is 191 Å². The number of ether oxygens (including phenoxy) is 2. The molecule has 1 amide bonds. The summed E-state index contributed by atoms with van der Waals surface area (Å²) >= 11 is 1.37. The standard InChI is InChI=1S/C23H27N5O3S/c1-6-28-19(17-11-12-24-20-18(17)30-13-31-20)26-27-22(28)32-23(4,5)21(29)25-16-9-7-15(8-10-16)14(2)3/h7-12,14H,6,13H2,1-5H3,(H,25,29). The first-order chi connectivity index (χ1) is 15.3. The van der Waals surface area contributed by atoms with E-state index in [2.05, 4.69) is 34.3 Å². The number of aromatic nitrogens is 4. The van der Waals surface area contributed by atoms with Gasteiger partial charge < -0.3 is 19.4 Å². The van der Waals surface area contributed by atoms with Crippen molar-refractivity contribution in [2.45, 2.75) is 57.0 Å². The summed E-state index contributed by atoms with van der Waals surface area (Å²) in [5, 5.41) is 12.4. The average molecular weight is 454 g/mol. The SMILES string of the molecule is CCn1c(SC(C)(C)C(=O)Nc2ccc(C(C)C)cc2)nnc1-c1ccnc2c1OCO2. The minimum Gasteiger partial charge on any atom is -0.451 e. The van der Waals surface area contributed by atoms with E-state index in [1.165, 1.54) is 17.3 Å². The molecule has 1 aliphatic heterocycles. The highest BCUT2D eigenvalue weighted by Crippen LogP contribution is 2.41. The van der Waals surface area contributed by atoms with Crippen LogP contribution in [0.15, 0.2) is 41.7 Å². The van der Waals surface area contributed by atoms with Gasteiger partial charge in [0, 0.05) is 18.4 Å². The van der Waals surface area contributed by atoms with E-state index >= 15 is 0 Å². The highest BCUT2D eigenvalue weighted by atomic mass is 32.2.